The van der Waals surface area contributed by atoms with E-state index < -0.39 is 0 Å². The predicted molar refractivity (Wildman–Crippen MR) is 90.2 cm³/mol. The second-order valence-electron chi connectivity index (χ2n) is 6.89. The Kier molecular flexibility index (Phi) is 5.74. The molecule has 115 valence electrons. The first kappa shape index (κ1) is 15.1. The van der Waals surface area contributed by atoms with Gasteiger partial charge in [0.1, 0.15) is 0 Å². The van der Waals surface area contributed by atoms with Crippen molar-refractivity contribution in [3.8, 4) is 0 Å². The molecule has 1 unspecified atom stereocenters. The van der Waals surface area contributed by atoms with Gasteiger partial charge in [-0.2, -0.15) is 0 Å². The fourth-order valence-corrected chi connectivity index (χ4v) is 4.26. The summed E-state index contributed by atoms with van der Waals surface area (Å²) in [5.41, 5.74) is 1.52. The average molecular weight is 284 g/mol. The predicted octanol–water partition coefficient (Wildman–Crippen LogP) is 4.87. The molecule has 1 saturated heterocycles. The van der Waals surface area contributed by atoms with Crippen molar-refractivity contribution in [3.63, 3.8) is 0 Å². The van der Waals surface area contributed by atoms with Crippen molar-refractivity contribution in [2.45, 2.75) is 63.8 Å². The number of nitrogens with zero attached hydrogens (tertiary/aromatic N) is 1. The van der Waals surface area contributed by atoms with Crippen molar-refractivity contribution in [2.75, 3.05) is 13.1 Å². The van der Waals surface area contributed by atoms with Gasteiger partial charge in [0.2, 0.25) is 0 Å². The summed E-state index contributed by atoms with van der Waals surface area (Å²) in [6, 6.07) is 11.9. The van der Waals surface area contributed by atoms with Crippen LogP contribution in [0.3, 0.4) is 0 Å². The van der Waals surface area contributed by atoms with Crippen LogP contribution in [0, 0.1) is 12.3 Å². The highest BCUT2D eigenvalue weighted by Gasteiger charge is 2.29. The van der Waals surface area contributed by atoms with Gasteiger partial charge in [0.15, 0.2) is 0 Å². The van der Waals surface area contributed by atoms with Gasteiger partial charge in [0.05, 0.1) is 0 Å². The van der Waals surface area contributed by atoms with Crippen molar-refractivity contribution in [1.29, 1.82) is 0 Å². The monoisotopic (exact) mass is 284 g/mol. The summed E-state index contributed by atoms with van der Waals surface area (Å²) >= 11 is 0. The van der Waals surface area contributed by atoms with E-state index in [1.54, 1.807) is 0 Å². The molecule has 1 atom stereocenters. The van der Waals surface area contributed by atoms with Crippen LogP contribution in [0.2, 0.25) is 0 Å². The zero-order chi connectivity index (χ0) is 14.3. The topological polar surface area (TPSA) is 3.24 Å². The van der Waals surface area contributed by atoms with Gasteiger partial charge < -0.3 is 4.90 Å². The second-order valence-corrected chi connectivity index (χ2v) is 6.89. The van der Waals surface area contributed by atoms with Crippen LogP contribution in [0.4, 0.5) is 0 Å². The van der Waals surface area contributed by atoms with Gasteiger partial charge in [-0.1, -0.05) is 36.8 Å². The standard InChI is InChI=1S/C20H30N/c1-4-10-18(11-5-1)14-15-20(19-12-6-2-7-13-19)21-16-8-3-9-17-21/h1-2,4-5,10-11,19-20H,3,6-9,12-17H2. The summed E-state index contributed by atoms with van der Waals surface area (Å²) in [5.74, 6) is 0.941. The minimum Gasteiger partial charge on any atom is -0.300 e. The van der Waals surface area contributed by atoms with Crippen molar-refractivity contribution in [2.24, 2.45) is 5.92 Å². The normalized spacial score (nSPS) is 23.0. The minimum atomic E-state index is 0.833. The quantitative estimate of drug-likeness (QED) is 0.745. The van der Waals surface area contributed by atoms with E-state index in [0.29, 0.717) is 0 Å². The lowest BCUT2D eigenvalue weighted by molar-refractivity contribution is 0.0953. The first-order valence-corrected chi connectivity index (χ1v) is 9.03. The van der Waals surface area contributed by atoms with E-state index in [0.717, 1.165) is 12.0 Å². The maximum atomic E-state index is 2.84. The third kappa shape index (κ3) is 4.32. The highest BCUT2D eigenvalue weighted by Crippen LogP contribution is 2.32. The van der Waals surface area contributed by atoms with Gasteiger partial charge in [0, 0.05) is 6.04 Å². The first-order chi connectivity index (χ1) is 10.4. The first-order valence-electron chi connectivity index (χ1n) is 9.03. The van der Waals surface area contributed by atoms with Crippen LogP contribution in [-0.2, 0) is 6.42 Å². The third-order valence-corrected chi connectivity index (χ3v) is 5.46. The van der Waals surface area contributed by atoms with Crippen LogP contribution in [0.15, 0.2) is 30.3 Å². The lowest BCUT2D eigenvalue weighted by Gasteiger charge is -2.41. The van der Waals surface area contributed by atoms with Crippen LogP contribution in [-0.4, -0.2) is 24.0 Å². The van der Waals surface area contributed by atoms with Crippen LogP contribution in [0.1, 0.15) is 56.9 Å². The van der Waals surface area contributed by atoms with E-state index in [1.807, 2.05) is 0 Å². The zero-order valence-electron chi connectivity index (χ0n) is 13.3. The fourth-order valence-electron chi connectivity index (χ4n) is 4.26. The maximum absolute atomic E-state index is 2.84. The largest absolute Gasteiger partial charge is 0.300 e. The summed E-state index contributed by atoms with van der Waals surface area (Å²) in [5, 5.41) is 0. The molecule has 1 heteroatoms. The van der Waals surface area contributed by atoms with Gasteiger partial charge in [-0.15, -0.1) is 0 Å². The molecule has 1 saturated carbocycles. The summed E-state index contributed by atoms with van der Waals surface area (Å²) in [7, 11) is 0. The second kappa shape index (κ2) is 7.98. The van der Waals surface area contributed by atoms with Gasteiger partial charge in [-0.25, -0.2) is 0 Å². The van der Waals surface area contributed by atoms with Crippen LogP contribution in [0.5, 0.6) is 0 Å². The van der Waals surface area contributed by atoms with Gasteiger partial charge >= 0.3 is 0 Å². The molecule has 2 fully saturated rings. The van der Waals surface area contributed by atoms with E-state index in [9.17, 15) is 0 Å². The lowest BCUT2D eigenvalue weighted by Crippen LogP contribution is -2.44. The number of piperidine rings is 1. The molecule has 1 radical (unpaired) electrons. The molecular weight excluding hydrogens is 254 g/mol. The van der Waals surface area contributed by atoms with E-state index in [2.05, 4.69) is 41.7 Å². The number of rotatable bonds is 5. The zero-order valence-corrected chi connectivity index (χ0v) is 13.3. The molecule has 1 nitrogen and oxygen atoms in total. The highest BCUT2D eigenvalue weighted by molar-refractivity contribution is 5.15. The van der Waals surface area contributed by atoms with Crippen molar-refractivity contribution in [1.82, 2.24) is 4.90 Å². The lowest BCUT2D eigenvalue weighted by atomic mass is 9.80. The Labute approximate surface area is 130 Å². The van der Waals surface area contributed by atoms with Crippen molar-refractivity contribution < 1.29 is 0 Å². The Hall–Kier alpha value is -0.820. The Morgan fingerprint density at radius 3 is 2.38 bits per heavy atom. The Balaban J connectivity index is 1.62. The number of likely N-dealkylation sites (tertiary alicyclic amines) is 1. The van der Waals surface area contributed by atoms with Crippen molar-refractivity contribution in [3.05, 3.63) is 42.3 Å². The van der Waals surface area contributed by atoms with Crippen LogP contribution >= 0.6 is 0 Å². The van der Waals surface area contributed by atoms with E-state index in [4.69, 9.17) is 0 Å². The smallest absolute Gasteiger partial charge is 0.0127 e. The molecular formula is C20H30N. The molecule has 0 N–H and O–H groups in total. The van der Waals surface area contributed by atoms with Gasteiger partial charge in [-0.3, -0.25) is 0 Å². The molecule has 1 aliphatic heterocycles. The number of hydrogen-bond acceptors (Lipinski definition) is 1. The maximum Gasteiger partial charge on any atom is 0.0127 e. The molecule has 3 rings (SSSR count). The molecule has 0 spiro atoms. The van der Waals surface area contributed by atoms with Crippen molar-refractivity contribution >= 4 is 0 Å². The summed E-state index contributed by atoms with van der Waals surface area (Å²) in [6.07, 6.45) is 14.9. The van der Waals surface area contributed by atoms with E-state index in [1.165, 1.54) is 76.4 Å². The molecule has 0 amide bonds. The molecule has 0 bridgehead atoms. The summed E-state index contributed by atoms with van der Waals surface area (Å²) in [6.45, 7) is 2.69. The number of aryl methyl sites for hydroxylation is 1. The molecule has 1 aromatic carbocycles. The Morgan fingerprint density at radius 2 is 1.67 bits per heavy atom. The molecule has 2 aliphatic rings. The average Bonchev–Trinajstić information content (AvgIpc) is 2.58. The van der Waals surface area contributed by atoms with Gasteiger partial charge in [0.25, 0.3) is 0 Å². The van der Waals surface area contributed by atoms with Crippen LogP contribution < -0.4 is 0 Å². The molecule has 1 aliphatic carbocycles. The molecule has 0 aromatic heterocycles. The number of hydrogen-bond donors (Lipinski definition) is 0. The number of benzene rings is 1. The van der Waals surface area contributed by atoms with E-state index in [-0.39, 0.29) is 0 Å². The summed E-state index contributed by atoms with van der Waals surface area (Å²) in [4.78, 5) is 2.84. The third-order valence-electron chi connectivity index (χ3n) is 5.46. The molecule has 1 heterocycles. The highest BCUT2D eigenvalue weighted by atomic mass is 15.2. The van der Waals surface area contributed by atoms with Gasteiger partial charge in [-0.05, 0) is 82.4 Å². The molecule has 21 heavy (non-hydrogen) atoms. The Morgan fingerprint density at radius 1 is 0.952 bits per heavy atom. The van der Waals surface area contributed by atoms with E-state index >= 15 is 0 Å². The fraction of sp³-hybridized carbons (Fsp3) is 0.650. The molecule has 1 aromatic rings. The Bertz CT molecular complexity index is 370. The summed E-state index contributed by atoms with van der Waals surface area (Å²) < 4.78 is 0. The minimum absolute atomic E-state index is 0.833. The SMILES string of the molecule is [CH]1CCC(C(CCc2ccccc2)N2CCCCC2)CC1. The van der Waals surface area contributed by atoms with Crippen LogP contribution in [0.25, 0.3) is 0 Å².